The highest BCUT2D eigenvalue weighted by Crippen LogP contribution is 2.27. The van der Waals surface area contributed by atoms with Gasteiger partial charge < -0.3 is 14.5 Å². The number of carbonyl (C=O) groups excluding carboxylic acids is 1. The highest BCUT2D eigenvalue weighted by atomic mass is 79.9. The van der Waals surface area contributed by atoms with Crippen molar-refractivity contribution in [1.82, 2.24) is 4.98 Å². The number of ether oxygens (including phenoxy) is 1. The van der Waals surface area contributed by atoms with E-state index >= 15 is 0 Å². The van der Waals surface area contributed by atoms with Crippen LogP contribution in [0.3, 0.4) is 0 Å². The van der Waals surface area contributed by atoms with Crippen molar-refractivity contribution in [2.24, 2.45) is 0 Å². The minimum Gasteiger partial charge on any atom is -0.461 e. The summed E-state index contributed by atoms with van der Waals surface area (Å²) in [6.07, 6.45) is 1.24. The van der Waals surface area contributed by atoms with Gasteiger partial charge in [0, 0.05) is 10.2 Å². The summed E-state index contributed by atoms with van der Waals surface area (Å²) in [5.74, 6) is -0.520. The van der Waals surface area contributed by atoms with E-state index in [9.17, 15) is 4.79 Å². The molecule has 2 aromatic rings. The van der Waals surface area contributed by atoms with E-state index in [2.05, 4.69) is 26.2 Å². The Hall–Kier alpha value is -1.53. The highest BCUT2D eigenvalue weighted by Gasteiger charge is 2.13. The maximum atomic E-state index is 11.4. The van der Waals surface area contributed by atoms with Crippen molar-refractivity contribution in [1.29, 1.82) is 0 Å². The molecule has 1 aromatic heterocycles. The minimum atomic E-state index is -0.520. The molecule has 0 aliphatic carbocycles. The number of hydrogen-bond acceptors (Lipinski definition) is 5. The SMILES string of the molecule is CCOC(=O)c1coc(Nc2ccc(Br)c(Cl)c2)n1. The zero-order valence-corrected chi connectivity index (χ0v) is 12.3. The van der Waals surface area contributed by atoms with Crippen LogP contribution in [-0.4, -0.2) is 17.6 Å². The quantitative estimate of drug-likeness (QED) is 0.848. The number of halogens is 2. The molecular weight excluding hydrogens is 336 g/mol. The largest absolute Gasteiger partial charge is 0.461 e. The van der Waals surface area contributed by atoms with Crippen LogP contribution < -0.4 is 5.32 Å². The molecule has 2 rings (SSSR count). The van der Waals surface area contributed by atoms with Crippen LogP contribution >= 0.6 is 27.5 Å². The Kier molecular flexibility index (Phi) is 4.44. The second kappa shape index (κ2) is 6.08. The predicted octanol–water partition coefficient (Wildman–Crippen LogP) is 4.01. The van der Waals surface area contributed by atoms with Crippen molar-refractivity contribution < 1.29 is 13.9 Å². The molecule has 0 unspecified atom stereocenters. The summed E-state index contributed by atoms with van der Waals surface area (Å²) in [5.41, 5.74) is 0.818. The summed E-state index contributed by atoms with van der Waals surface area (Å²) >= 11 is 9.26. The first kappa shape index (κ1) is 13.9. The second-order valence-corrected chi connectivity index (χ2v) is 4.77. The smallest absolute Gasteiger partial charge is 0.360 e. The number of esters is 1. The molecule has 7 heteroatoms. The molecule has 0 spiro atoms. The molecule has 0 fully saturated rings. The monoisotopic (exact) mass is 344 g/mol. The summed E-state index contributed by atoms with van der Waals surface area (Å²) in [4.78, 5) is 15.4. The first-order valence-electron chi connectivity index (χ1n) is 5.45. The number of oxazole rings is 1. The second-order valence-electron chi connectivity index (χ2n) is 3.51. The molecule has 1 heterocycles. The Labute approximate surface area is 123 Å². The Morgan fingerprint density at radius 2 is 2.37 bits per heavy atom. The number of hydrogen-bond donors (Lipinski definition) is 1. The lowest BCUT2D eigenvalue weighted by Crippen LogP contribution is -2.04. The van der Waals surface area contributed by atoms with Gasteiger partial charge in [0.05, 0.1) is 11.6 Å². The molecule has 100 valence electrons. The Bertz CT molecular complexity index is 600. The fraction of sp³-hybridized carbons (Fsp3) is 0.167. The van der Waals surface area contributed by atoms with E-state index in [1.807, 2.05) is 0 Å². The van der Waals surface area contributed by atoms with Crippen LogP contribution in [0.5, 0.6) is 0 Å². The molecule has 19 heavy (non-hydrogen) atoms. The van der Waals surface area contributed by atoms with Gasteiger partial charge in [-0.2, -0.15) is 4.98 Å². The van der Waals surface area contributed by atoms with Crippen molar-refractivity contribution in [2.45, 2.75) is 6.92 Å². The predicted molar refractivity (Wildman–Crippen MR) is 74.9 cm³/mol. The van der Waals surface area contributed by atoms with Gasteiger partial charge in [0.25, 0.3) is 6.01 Å². The normalized spacial score (nSPS) is 10.3. The van der Waals surface area contributed by atoms with E-state index in [4.69, 9.17) is 20.8 Å². The van der Waals surface area contributed by atoms with E-state index in [-0.39, 0.29) is 18.3 Å². The minimum absolute atomic E-state index is 0.118. The summed E-state index contributed by atoms with van der Waals surface area (Å²) in [5, 5.41) is 3.46. The molecular formula is C12H10BrClN2O3. The average Bonchev–Trinajstić information content (AvgIpc) is 2.83. The molecule has 0 aliphatic heterocycles. The molecule has 0 saturated carbocycles. The van der Waals surface area contributed by atoms with Crippen LogP contribution in [-0.2, 0) is 4.74 Å². The van der Waals surface area contributed by atoms with Gasteiger partial charge in [-0.15, -0.1) is 0 Å². The maximum absolute atomic E-state index is 11.4. The van der Waals surface area contributed by atoms with E-state index in [0.29, 0.717) is 10.7 Å². The van der Waals surface area contributed by atoms with Crippen LogP contribution in [0, 0.1) is 0 Å². The third-order valence-corrected chi connectivity index (χ3v) is 3.39. The van der Waals surface area contributed by atoms with E-state index in [0.717, 1.165) is 4.47 Å². The summed E-state index contributed by atoms with van der Waals surface area (Å²) in [6.45, 7) is 2.01. The van der Waals surface area contributed by atoms with Gasteiger partial charge in [-0.1, -0.05) is 11.6 Å². The fourth-order valence-electron chi connectivity index (χ4n) is 1.33. The fourth-order valence-corrected chi connectivity index (χ4v) is 1.75. The van der Waals surface area contributed by atoms with Crippen LogP contribution in [0.2, 0.25) is 5.02 Å². The van der Waals surface area contributed by atoms with Gasteiger partial charge in [-0.25, -0.2) is 4.79 Å². The number of nitrogens with zero attached hydrogens (tertiary/aromatic N) is 1. The summed E-state index contributed by atoms with van der Waals surface area (Å²) in [7, 11) is 0. The molecule has 1 N–H and O–H groups in total. The Morgan fingerprint density at radius 3 is 3.05 bits per heavy atom. The van der Waals surface area contributed by atoms with Crippen molar-refractivity contribution in [3.8, 4) is 0 Å². The number of carbonyl (C=O) groups is 1. The molecule has 0 atom stereocenters. The van der Waals surface area contributed by atoms with Crippen molar-refractivity contribution in [3.63, 3.8) is 0 Å². The van der Waals surface area contributed by atoms with Gasteiger partial charge in [-0.3, -0.25) is 0 Å². The molecule has 0 radical (unpaired) electrons. The van der Waals surface area contributed by atoms with Crippen molar-refractivity contribution in [3.05, 3.63) is 39.7 Å². The van der Waals surface area contributed by atoms with Gasteiger partial charge in [0.1, 0.15) is 6.26 Å². The van der Waals surface area contributed by atoms with Crippen LogP contribution in [0.4, 0.5) is 11.7 Å². The average molecular weight is 346 g/mol. The van der Waals surface area contributed by atoms with Gasteiger partial charge in [-0.05, 0) is 41.1 Å². The number of benzene rings is 1. The lowest BCUT2D eigenvalue weighted by atomic mass is 10.3. The third-order valence-electron chi connectivity index (χ3n) is 2.16. The lowest BCUT2D eigenvalue weighted by Gasteiger charge is -2.02. The zero-order chi connectivity index (χ0) is 13.8. The third kappa shape index (κ3) is 3.48. The number of aromatic nitrogens is 1. The van der Waals surface area contributed by atoms with Crippen LogP contribution in [0.1, 0.15) is 17.4 Å². The highest BCUT2D eigenvalue weighted by molar-refractivity contribution is 9.10. The number of anilines is 2. The zero-order valence-electron chi connectivity index (χ0n) is 9.94. The van der Waals surface area contributed by atoms with Crippen LogP contribution in [0.15, 0.2) is 33.4 Å². The molecule has 1 aromatic carbocycles. The van der Waals surface area contributed by atoms with Gasteiger partial charge >= 0.3 is 5.97 Å². The summed E-state index contributed by atoms with van der Waals surface area (Å²) < 4.78 is 10.7. The summed E-state index contributed by atoms with van der Waals surface area (Å²) in [6, 6.07) is 5.49. The van der Waals surface area contributed by atoms with Gasteiger partial charge in [0.2, 0.25) is 0 Å². The topological polar surface area (TPSA) is 64.4 Å². The van der Waals surface area contributed by atoms with Crippen LogP contribution in [0.25, 0.3) is 0 Å². The molecule has 5 nitrogen and oxygen atoms in total. The van der Waals surface area contributed by atoms with Crippen molar-refractivity contribution in [2.75, 3.05) is 11.9 Å². The molecule has 0 saturated heterocycles. The van der Waals surface area contributed by atoms with E-state index in [1.54, 1.807) is 25.1 Å². The lowest BCUT2D eigenvalue weighted by molar-refractivity contribution is 0.0519. The molecule has 0 bridgehead atoms. The van der Waals surface area contributed by atoms with Crippen molar-refractivity contribution >= 4 is 45.2 Å². The van der Waals surface area contributed by atoms with E-state index < -0.39 is 5.97 Å². The first-order valence-corrected chi connectivity index (χ1v) is 6.62. The first-order chi connectivity index (χ1) is 9.10. The molecule has 0 amide bonds. The Morgan fingerprint density at radius 1 is 1.58 bits per heavy atom. The number of nitrogens with one attached hydrogen (secondary N) is 1. The Balaban J connectivity index is 2.11. The van der Waals surface area contributed by atoms with Gasteiger partial charge in [0.15, 0.2) is 5.69 Å². The standard InChI is InChI=1S/C12H10BrClN2O3/c1-2-18-11(17)10-6-19-12(16-10)15-7-3-4-8(13)9(14)5-7/h3-6H,2H2,1H3,(H,15,16). The molecule has 0 aliphatic rings. The number of rotatable bonds is 4. The maximum Gasteiger partial charge on any atom is 0.360 e. The van der Waals surface area contributed by atoms with E-state index in [1.165, 1.54) is 6.26 Å².